The van der Waals surface area contributed by atoms with Crippen LogP contribution in [0.3, 0.4) is 0 Å². The number of hydrogen-bond donors (Lipinski definition) is 1. The number of benzene rings is 2. The first-order valence-corrected chi connectivity index (χ1v) is 10.8. The lowest BCUT2D eigenvalue weighted by atomic mass is 10.1. The molecular formula is C21H20Cl2N4O2S. The number of carbonyl (C=O) groups excluding carboxylic acids is 1. The van der Waals surface area contributed by atoms with Crippen molar-refractivity contribution in [3.63, 3.8) is 0 Å². The van der Waals surface area contributed by atoms with Crippen LogP contribution in [0.1, 0.15) is 11.4 Å². The third kappa shape index (κ3) is 5.78. The molecule has 1 heterocycles. The van der Waals surface area contributed by atoms with Gasteiger partial charge in [-0.05, 0) is 35.9 Å². The molecule has 0 aliphatic heterocycles. The molecule has 0 spiro atoms. The minimum atomic E-state index is -0.214. The molecule has 6 nitrogen and oxygen atoms in total. The fourth-order valence-corrected chi connectivity index (χ4v) is 3.81. The minimum absolute atomic E-state index is 0.153. The van der Waals surface area contributed by atoms with Crippen molar-refractivity contribution in [1.29, 1.82) is 0 Å². The lowest BCUT2D eigenvalue weighted by Crippen LogP contribution is -2.15. The molecule has 0 radical (unpaired) electrons. The van der Waals surface area contributed by atoms with E-state index in [0.717, 1.165) is 17.1 Å². The number of ether oxygens (including phenoxy) is 1. The minimum Gasteiger partial charge on any atom is -0.497 e. The molecule has 0 aliphatic rings. The largest absolute Gasteiger partial charge is 0.497 e. The fraction of sp³-hybridized carbons (Fsp3) is 0.190. The fourth-order valence-electron chi connectivity index (χ4n) is 2.70. The summed E-state index contributed by atoms with van der Waals surface area (Å²) in [5, 5.41) is 12.9. The molecular weight excluding hydrogens is 443 g/mol. The van der Waals surface area contributed by atoms with E-state index in [4.69, 9.17) is 27.9 Å². The summed E-state index contributed by atoms with van der Waals surface area (Å²) in [5.74, 6) is 1.53. The van der Waals surface area contributed by atoms with Gasteiger partial charge in [0, 0.05) is 18.0 Å². The van der Waals surface area contributed by atoms with Crippen LogP contribution in [0.25, 0.3) is 0 Å². The SMILES string of the molecule is C=CCn1c(Cc2ccc(OC)cc2)nnc1SCC(=O)Nc1cc(Cl)ccc1Cl. The van der Waals surface area contributed by atoms with Crippen LogP contribution in [0.5, 0.6) is 5.75 Å². The number of halogens is 2. The molecule has 0 saturated heterocycles. The molecule has 2 aromatic carbocycles. The van der Waals surface area contributed by atoms with Gasteiger partial charge in [-0.1, -0.05) is 53.2 Å². The van der Waals surface area contributed by atoms with Gasteiger partial charge in [0.2, 0.25) is 5.91 Å². The molecule has 9 heteroatoms. The van der Waals surface area contributed by atoms with Gasteiger partial charge in [0.15, 0.2) is 5.16 Å². The number of nitrogens with one attached hydrogen (secondary N) is 1. The Bertz CT molecular complexity index is 1040. The van der Waals surface area contributed by atoms with Crippen molar-refractivity contribution in [2.75, 3.05) is 18.2 Å². The first-order chi connectivity index (χ1) is 14.5. The van der Waals surface area contributed by atoms with Gasteiger partial charge < -0.3 is 14.6 Å². The van der Waals surface area contributed by atoms with E-state index in [1.807, 2.05) is 28.8 Å². The molecule has 0 unspecified atom stereocenters. The number of nitrogens with zero attached hydrogens (tertiary/aromatic N) is 3. The summed E-state index contributed by atoms with van der Waals surface area (Å²) in [7, 11) is 1.63. The van der Waals surface area contributed by atoms with E-state index in [-0.39, 0.29) is 11.7 Å². The Labute approximate surface area is 189 Å². The van der Waals surface area contributed by atoms with Crippen LogP contribution in [-0.4, -0.2) is 33.5 Å². The van der Waals surface area contributed by atoms with E-state index in [1.165, 1.54) is 11.8 Å². The highest BCUT2D eigenvalue weighted by atomic mass is 35.5. The first-order valence-electron chi connectivity index (χ1n) is 9.03. The van der Waals surface area contributed by atoms with Crippen molar-refractivity contribution >= 4 is 46.6 Å². The second-order valence-electron chi connectivity index (χ2n) is 6.28. The van der Waals surface area contributed by atoms with Gasteiger partial charge in [-0.25, -0.2) is 0 Å². The summed E-state index contributed by atoms with van der Waals surface area (Å²) < 4.78 is 7.14. The topological polar surface area (TPSA) is 69.0 Å². The molecule has 0 saturated carbocycles. The Morgan fingerprint density at radius 1 is 1.23 bits per heavy atom. The molecule has 3 rings (SSSR count). The normalized spacial score (nSPS) is 10.6. The number of aromatic nitrogens is 3. The quantitative estimate of drug-likeness (QED) is 0.353. The average molecular weight is 463 g/mol. The van der Waals surface area contributed by atoms with Crippen LogP contribution in [0.4, 0.5) is 5.69 Å². The van der Waals surface area contributed by atoms with Gasteiger partial charge in [-0.15, -0.1) is 16.8 Å². The highest BCUT2D eigenvalue weighted by Gasteiger charge is 2.15. The van der Waals surface area contributed by atoms with Gasteiger partial charge in [-0.3, -0.25) is 4.79 Å². The number of thioether (sulfide) groups is 1. The monoisotopic (exact) mass is 462 g/mol. The zero-order valence-corrected chi connectivity index (χ0v) is 18.6. The van der Waals surface area contributed by atoms with Gasteiger partial charge >= 0.3 is 0 Å². The van der Waals surface area contributed by atoms with E-state index in [1.54, 1.807) is 31.4 Å². The standard InChI is InChI=1S/C21H20Cl2N4O2S/c1-3-10-27-19(11-14-4-7-16(29-2)8-5-14)25-26-21(27)30-13-20(28)24-18-12-15(22)6-9-17(18)23/h3-9,12H,1,10-11,13H2,2H3,(H,24,28). The molecule has 0 aliphatic carbocycles. The number of hydrogen-bond acceptors (Lipinski definition) is 5. The van der Waals surface area contributed by atoms with E-state index >= 15 is 0 Å². The van der Waals surface area contributed by atoms with Crippen LogP contribution < -0.4 is 10.1 Å². The lowest BCUT2D eigenvalue weighted by molar-refractivity contribution is -0.113. The highest BCUT2D eigenvalue weighted by Crippen LogP contribution is 2.26. The molecule has 0 bridgehead atoms. The maximum absolute atomic E-state index is 12.4. The third-order valence-electron chi connectivity index (χ3n) is 4.16. The maximum Gasteiger partial charge on any atom is 0.234 e. The number of rotatable bonds is 9. The van der Waals surface area contributed by atoms with Crippen LogP contribution in [0.2, 0.25) is 10.0 Å². The smallest absolute Gasteiger partial charge is 0.234 e. The van der Waals surface area contributed by atoms with Crippen molar-refractivity contribution in [2.45, 2.75) is 18.1 Å². The zero-order valence-electron chi connectivity index (χ0n) is 16.3. The Morgan fingerprint density at radius 2 is 2.00 bits per heavy atom. The van der Waals surface area contributed by atoms with Gasteiger partial charge in [0.25, 0.3) is 0 Å². The van der Waals surface area contributed by atoms with Crippen molar-refractivity contribution in [3.8, 4) is 5.75 Å². The molecule has 156 valence electrons. The van der Waals surface area contributed by atoms with Crippen molar-refractivity contribution in [1.82, 2.24) is 14.8 Å². The maximum atomic E-state index is 12.4. The predicted molar refractivity (Wildman–Crippen MR) is 122 cm³/mol. The van der Waals surface area contributed by atoms with Crippen molar-refractivity contribution < 1.29 is 9.53 Å². The average Bonchev–Trinajstić information content (AvgIpc) is 3.11. The summed E-state index contributed by atoms with van der Waals surface area (Å²) in [6.45, 7) is 4.35. The van der Waals surface area contributed by atoms with Crippen LogP contribution in [0.15, 0.2) is 60.3 Å². The van der Waals surface area contributed by atoms with Crippen LogP contribution in [-0.2, 0) is 17.8 Å². The summed E-state index contributed by atoms with van der Waals surface area (Å²) in [6, 6.07) is 12.7. The predicted octanol–water partition coefficient (Wildman–Crippen LogP) is 5.10. The molecule has 1 amide bonds. The molecule has 1 aromatic heterocycles. The summed E-state index contributed by atoms with van der Waals surface area (Å²) in [5.41, 5.74) is 1.56. The Kier molecular flexibility index (Phi) is 7.79. The zero-order chi connectivity index (χ0) is 21.5. The third-order valence-corrected chi connectivity index (χ3v) is 5.69. The number of carbonyl (C=O) groups is 1. The Hall–Kier alpha value is -2.48. The summed E-state index contributed by atoms with van der Waals surface area (Å²) >= 11 is 13.4. The Balaban J connectivity index is 1.67. The first kappa shape index (κ1) is 22.2. The van der Waals surface area contributed by atoms with E-state index < -0.39 is 0 Å². The van der Waals surface area contributed by atoms with E-state index in [0.29, 0.717) is 33.9 Å². The summed E-state index contributed by atoms with van der Waals surface area (Å²) in [6.07, 6.45) is 2.38. The lowest BCUT2D eigenvalue weighted by Gasteiger charge is -2.09. The molecule has 1 N–H and O–H groups in total. The number of amides is 1. The van der Waals surface area contributed by atoms with E-state index in [2.05, 4.69) is 22.1 Å². The number of methoxy groups -OCH3 is 1. The number of allylic oxidation sites excluding steroid dienone is 1. The van der Waals surface area contributed by atoms with Gasteiger partial charge in [0.1, 0.15) is 11.6 Å². The van der Waals surface area contributed by atoms with Gasteiger partial charge in [0.05, 0.1) is 23.6 Å². The highest BCUT2D eigenvalue weighted by molar-refractivity contribution is 7.99. The van der Waals surface area contributed by atoms with Crippen LogP contribution in [0, 0.1) is 0 Å². The molecule has 0 fully saturated rings. The van der Waals surface area contributed by atoms with Crippen LogP contribution >= 0.6 is 35.0 Å². The molecule has 3 aromatic rings. The Morgan fingerprint density at radius 3 is 2.70 bits per heavy atom. The van der Waals surface area contributed by atoms with Crippen molar-refractivity contribution in [3.05, 3.63) is 76.6 Å². The van der Waals surface area contributed by atoms with E-state index in [9.17, 15) is 4.79 Å². The van der Waals surface area contributed by atoms with Gasteiger partial charge in [-0.2, -0.15) is 0 Å². The molecule has 0 atom stereocenters. The second-order valence-corrected chi connectivity index (χ2v) is 8.07. The van der Waals surface area contributed by atoms with Crippen molar-refractivity contribution in [2.24, 2.45) is 0 Å². The summed E-state index contributed by atoms with van der Waals surface area (Å²) in [4.78, 5) is 12.4. The number of anilines is 1. The second kappa shape index (κ2) is 10.5. The molecule has 30 heavy (non-hydrogen) atoms.